The van der Waals surface area contributed by atoms with Crippen LogP contribution in [0, 0.1) is 5.92 Å². The van der Waals surface area contributed by atoms with E-state index < -0.39 is 0 Å². The monoisotopic (exact) mass is 309 g/mol. The average molecular weight is 309 g/mol. The Morgan fingerprint density at radius 3 is 3.04 bits per heavy atom. The first kappa shape index (κ1) is 13.7. The minimum atomic E-state index is 0.665. The number of aromatic nitrogens is 1. The number of nitrogens with one attached hydrogen (secondary N) is 1. The summed E-state index contributed by atoms with van der Waals surface area (Å²) in [7, 11) is 1.79. The van der Waals surface area contributed by atoms with Crippen LogP contribution >= 0.6 is 0 Å². The second kappa shape index (κ2) is 4.64. The average Bonchev–Trinajstić information content (AvgIpc) is 3.00. The fourth-order valence-corrected chi connectivity index (χ4v) is 5.61. The second-order valence-corrected chi connectivity index (χ2v) is 7.57. The quantitative estimate of drug-likeness (QED) is 0.626. The molecule has 3 nitrogen and oxygen atoms in total. The highest BCUT2D eigenvalue weighted by Crippen LogP contribution is 2.52. The fourth-order valence-electron chi connectivity index (χ4n) is 5.61. The molecule has 0 amide bonds. The number of aromatic amines is 1. The number of methoxy groups -OCH3 is 1. The number of H-pyrrole nitrogens is 1. The van der Waals surface area contributed by atoms with Crippen molar-refractivity contribution in [2.75, 3.05) is 26.7 Å². The van der Waals surface area contributed by atoms with Gasteiger partial charge in [-0.25, -0.2) is 0 Å². The molecule has 5 heterocycles. The molecular formula is C20H25N2O+. The predicted octanol–water partition coefficient (Wildman–Crippen LogP) is 3.96. The number of ether oxygens (including phenoxy) is 1. The van der Waals surface area contributed by atoms with E-state index in [1.165, 1.54) is 65.5 Å². The van der Waals surface area contributed by atoms with Crippen LogP contribution < -0.4 is 4.74 Å². The van der Waals surface area contributed by atoms with E-state index in [1.807, 2.05) is 0 Å². The number of nitrogens with zero attached hydrogens (tertiary/aromatic N) is 1. The van der Waals surface area contributed by atoms with Crippen LogP contribution in [0.25, 0.3) is 10.9 Å². The molecule has 4 aliphatic heterocycles. The van der Waals surface area contributed by atoms with Gasteiger partial charge in [-0.3, -0.25) is 0 Å². The first-order valence-electron chi connectivity index (χ1n) is 8.94. The number of quaternary nitrogens is 1. The Hall–Kier alpha value is -1.74. The minimum Gasteiger partial charge on any atom is -0.496 e. The Morgan fingerprint density at radius 2 is 2.22 bits per heavy atom. The van der Waals surface area contributed by atoms with Crippen LogP contribution in [0.15, 0.2) is 29.8 Å². The highest BCUT2D eigenvalue weighted by Gasteiger charge is 2.53. The third-order valence-electron chi connectivity index (χ3n) is 6.77. The van der Waals surface area contributed by atoms with E-state index in [9.17, 15) is 0 Å². The Morgan fingerprint density at radius 1 is 1.30 bits per heavy atom. The lowest BCUT2D eigenvalue weighted by Gasteiger charge is -2.57. The lowest BCUT2D eigenvalue weighted by atomic mass is 9.73. The maximum atomic E-state index is 5.65. The molecule has 1 aromatic carbocycles. The van der Waals surface area contributed by atoms with Crippen molar-refractivity contribution in [1.82, 2.24) is 4.98 Å². The van der Waals surface area contributed by atoms with Crippen LogP contribution in [0.4, 0.5) is 0 Å². The molecule has 6 rings (SSSR count). The maximum absolute atomic E-state index is 5.65. The number of allylic oxidation sites excluding steroid dienone is 1. The molecule has 1 N–H and O–H groups in total. The van der Waals surface area contributed by atoms with E-state index in [-0.39, 0.29) is 0 Å². The van der Waals surface area contributed by atoms with Gasteiger partial charge in [-0.2, -0.15) is 0 Å². The summed E-state index contributed by atoms with van der Waals surface area (Å²) in [5, 5.41) is 1.33. The van der Waals surface area contributed by atoms with E-state index in [2.05, 4.69) is 36.2 Å². The van der Waals surface area contributed by atoms with Gasteiger partial charge < -0.3 is 14.2 Å². The Bertz CT molecular complexity index is 818. The third kappa shape index (κ3) is 1.69. The van der Waals surface area contributed by atoms with Crippen LogP contribution in [0.1, 0.15) is 37.1 Å². The van der Waals surface area contributed by atoms with Gasteiger partial charge in [0.1, 0.15) is 18.3 Å². The zero-order valence-corrected chi connectivity index (χ0v) is 14.1. The molecule has 3 heteroatoms. The number of fused-ring (bicyclic) bond motifs is 5. The van der Waals surface area contributed by atoms with Gasteiger partial charge in [0.2, 0.25) is 0 Å². The van der Waals surface area contributed by atoms with E-state index in [1.54, 1.807) is 12.7 Å². The molecule has 2 aromatic rings. The number of benzene rings is 1. The largest absolute Gasteiger partial charge is 0.496 e. The highest BCUT2D eigenvalue weighted by atomic mass is 16.5. The van der Waals surface area contributed by atoms with Crippen molar-refractivity contribution in [3.63, 3.8) is 0 Å². The summed E-state index contributed by atoms with van der Waals surface area (Å²) in [6.07, 6.45) is 6.27. The molecule has 3 atom stereocenters. The summed E-state index contributed by atoms with van der Waals surface area (Å²) in [4.78, 5) is 3.79. The van der Waals surface area contributed by atoms with Crippen LogP contribution in [-0.4, -0.2) is 36.2 Å². The molecule has 0 aliphatic carbocycles. The van der Waals surface area contributed by atoms with Crippen LogP contribution in [0.3, 0.4) is 0 Å². The number of rotatable bonds is 1. The van der Waals surface area contributed by atoms with E-state index in [0.717, 1.165) is 11.7 Å². The van der Waals surface area contributed by atoms with Gasteiger partial charge in [0.15, 0.2) is 0 Å². The van der Waals surface area contributed by atoms with Crippen molar-refractivity contribution in [3.05, 3.63) is 41.1 Å². The smallest absolute Gasteiger partial charge is 0.131 e. The van der Waals surface area contributed by atoms with Crippen LogP contribution in [-0.2, 0) is 6.42 Å². The molecule has 3 saturated heterocycles. The normalized spacial score (nSPS) is 33.7. The van der Waals surface area contributed by atoms with Crippen molar-refractivity contribution in [2.24, 2.45) is 5.92 Å². The summed E-state index contributed by atoms with van der Waals surface area (Å²) < 4.78 is 6.94. The lowest BCUT2D eigenvalue weighted by Crippen LogP contribution is -2.63. The molecule has 3 fully saturated rings. The summed E-state index contributed by atoms with van der Waals surface area (Å²) >= 11 is 0. The first-order chi connectivity index (χ1) is 11.3. The topological polar surface area (TPSA) is 25.0 Å². The lowest BCUT2D eigenvalue weighted by molar-refractivity contribution is -0.967. The summed E-state index contributed by atoms with van der Waals surface area (Å²) in [6, 6.07) is 7.06. The Kier molecular flexibility index (Phi) is 2.76. The van der Waals surface area contributed by atoms with Crippen molar-refractivity contribution in [3.8, 4) is 5.75 Å². The van der Waals surface area contributed by atoms with Crippen LogP contribution in [0.2, 0.25) is 0 Å². The molecule has 1 unspecified atom stereocenters. The van der Waals surface area contributed by atoms with E-state index >= 15 is 0 Å². The van der Waals surface area contributed by atoms with Gasteiger partial charge in [0.25, 0.3) is 0 Å². The fraction of sp³-hybridized carbons (Fsp3) is 0.500. The Balaban J connectivity index is 1.69. The first-order valence-corrected chi connectivity index (χ1v) is 8.94. The van der Waals surface area contributed by atoms with Gasteiger partial charge in [0.05, 0.1) is 25.9 Å². The number of hydrogen-bond donors (Lipinski definition) is 1. The zero-order chi connectivity index (χ0) is 15.6. The van der Waals surface area contributed by atoms with E-state index in [0.29, 0.717) is 6.04 Å². The van der Waals surface area contributed by atoms with Crippen molar-refractivity contribution < 1.29 is 9.22 Å². The Labute approximate surface area is 137 Å². The molecule has 0 saturated carbocycles. The molecule has 0 radical (unpaired) electrons. The zero-order valence-electron chi connectivity index (χ0n) is 14.1. The SMILES string of the molecule is C/C=C1\C[N+]23CCc4c([nH]c5cccc(OC)c45)[C@@H]2C[C@@H]1CC3. The highest BCUT2D eigenvalue weighted by molar-refractivity contribution is 5.91. The molecule has 23 heavy (non-hydrogen) atoms. The number of hydrogen-bond acceptors (Lipinski definition) is 1. The van der Waals surface area contributed by atoms with Crippen molar-refractivity contribution in [2.45, 2.75) is 32.2 Å². The molecule has 1 spiro atoms. The van der Waals surface area contributed by atoms with Gasteiger partial charge in [0, 0.05) is 30.2 Å². The van der Waals surface area contributed by atoms with Gasteiger partial charge in [-0.15, -0.1) is 0 Å². The van der Waals surface area contributed by atoms with E-state index in [4.69, 9.17) is 4.74 Å². The summed E-state index contributed by atoms with van der Waals surface area (Å²) in [6.45, 7) is 6.15. The molecule has 120 valence electrons. The molecule has 4 aliphatic rings. The third-order valence-corrected chi connectivity index (χ3v) is 6.77. The number of piperidine rings is 3. The summed E-state index contributed by atoms with van der Waals surface area (Å²) in [5.41, 5.74) is 6.00. The second-order valence-electron chi connectivity index (χ2n) is 7.57. The van der Waals surface area contributed by atoms with Crippen molar-refractivity contribution >= 4 is 10.9 Å². The molecule has 2 bridgehead atoms. The minimum absolute atomic E-state index is 0.665. The molecule has 1 aromatic heterocycles. The van der Waals surface area contributed by atoms with Crippen LogP contribution in [0.5, 0.6) is 5.75 Å². The van der Waals surface area contributed by atoms with Gasteiger partial charge in [-0.1, -0.05) is 12.1 Å². The van der Waals surface area contributed by atoms with Gasteiger partial charge >= 0.3 is 0 Å². The predicted molar refractivity (Wildman–Crippen MR) is 92.6 cm³/mol. The standard InChI is InChI=1S/C20H25N2O/c1-3-13-12-22-9-7-14(13)11-17(22)20-15(8-10-22)19-16(21-20)5-4-6-18(19)23-2/h3-6,14,17,21H,7-12H2,1-2H3/q+1/b13-3+/t14-,17-,22?/m0/s1. The summed E-state index contributed by atoms with van der Waals surface area (Å²) in [5.74, 6) is 1.84. The molecular weight excluding hydrogens is 284 g/mol. The maximum Gasteiger partial charge on any atom is 0.131 e. The van der Waals surface area contributed by atoms with Gasteiger partial charge in [-0.05, 0) is 36.1 Å². The van der Waals surface area contributed by atoms with Crippen molar-refractivity contribution in [1.29, 1.82) is 0 Å².